The largest absolute Gasteiger partial charge is 0.294 e. The van der Waals surface area contributed by atoms with Crippen LogP contribution in [0.5, 0.6) is 0 Å². The molecule has 0 radical (unpaired) electrons. The molecule has 0 aliphatic carbocycles. The number of hydrogen-bond acceptors (Lipinski definition) is 3. The second kappa shape index (κ2) is 6.33. The molecule has 1 fully saturated rings. The first-order valence-corrected chi connectivity index (χ1v) is 7.90. The van der Waals surface area contributed by atoms with Crippen molar-refractivity contribution in [2.24, 2.45) is 0 Å². The van der Waals surface area contributed by atoms with Crippen molar-refractivity contribution in [1.29, 1.82) is 5.26 Å². The molecule has 2 aromatic rings. The minimum absolute atomic E-state index is 0.550. The van der Waals surface area contributed by atoms with Crippen LogP contribution in [-0.2, 0) is 13.1 Å². The number of aryl methyl sites for hydroxylation is 2. The van der Waals surface area contributed by atoms with E-state index in [0.29, 0.717) is 6.04 Å². The highest BCUT2D eigenvalue weighted by Crippen LogP contribution is 2.22. The van der Waals surface area contributed by atoms with Crippen molar-refractivity contribution in [2.45, 2.75) is 45.8 Å². The number of hydrogen-bond donors (Lipinski definition) is 0. The SMILES string of the molecule is Cc1cc(C)n(C[C@H]2CCCN2Cc2ccc(C#N)cc2)n1. The van der Waals surface area contributed by atoms with E-state index < -0.39 is 0 Å². The Kier molecular flexibility index (Phi) is 4.26. The highest BCUT2D eigenvalue weighted by molar-refractivity contribution is 5.31. The number of nitriles is 1. The van der Waals surface area contributed by atoms with Crippen molar-refractivity contribution in [3.8, 4) is 6.07 Å². The Morgan fingerprint density at radius 2 is 2.05 bits per heavy atom. The van der Waals surface area contributed by atoms with Gasteiger partial charge in [0.2, 0.25) is 0 Å². The number of rotatable bonds is 4. The van der Waals surface area contributed by atoms with Crippen LogP contribution in [0.2, 0.25) is 0 Å². The van der Waals surface area contributed by atoms with Crippen LogP contribution in [0.15, 0.2) is 30.3 Å². The van der Waals surface area contributed by atoms with Crippen molar-refractivity contribution < 1.29 is 0 Å². The fourth-order valence-corrected chi connectivity index (χ4v) is 3.29. The van der Waals surface area contributed by atoms with Crippen molar-refractivity contribution in [3.63, 3.8) is 0 Å². The summed E-state index contributed by atoms with van der Waals surface area (Å²) in [6, 6.07) is 12.8. The molecule has 0 N–H and O–H groups in total. The first-order chi connectivity index (χ1) is 10.7. The standard InChI is InChI=1S/C18H22N4/c1-14-10-15(2)22(20-14)13-18-4-3-9-21(18)12-17-7-5-16(11-19)6-8-17/h5-8,10,18H,3-4,9,12-13H2,1-2H3/t18-/m1/s1. The quantitative estimate of drug-likeness (QED) is 0.870. The maximum absolute atomic E-state index is 8.88. The van der Waals surface area contributed by atoms with Crippen LogP contribution in [0, 0.1) is 25.2 Å². The van der Waals surface area contributed by atoms with Crippen LogP contribution in [0.4, 0.5) is 0 Å². The Bertz CT molecular complexity index is 678. The van der Waals surface area contributed by atoms with Crippen molar-refractivity contribution in [3.05, 3.63) is 52.8 Å². The topological polar surface area (TPSA) is 44.9 Å². The van der Waals surface area contributed by atoms with Gasteiger partial charge >= 0.3 is 0 Å². The van der Waals surface area contributed by atoms with Crippen LogP contribution in [0.1, 0.15) is 35.4 Å². The predicted octanol–water partition coefficient (Wildman–Crippen LogP) is 3.04. The molecule has 1 aromatic carbocycles. The van der Waals surface area contributed by atoms with Gasteiger partial charge in [0.05, 0.1) is 23.9 Å². The fraction of sp³-hybridized carbons (Fsp3) is 0.444. The zero-order valence-electron chi connectivity index (χ0n) is 13.3. The molecule has 1 saturated heterocycles. The van der Waals surface area contributed by atoms with Gasteiger partial charge in [0, 0.05) is 18.3 Å². The highest BCUT2D eigenvalue weighted by Gasteiger charge is 2.25. The average molecular weight is 294 g/mol. The zero-order valence-corrected chi connectivity index (χ0v) is 13.3. The van der Waals surface area contributed by atoms with E-state index >= 15 is 0 Å². The van der Waals surface area contributed by atoms with E-state index in [1.807, 2.05) is 19.1 Å². The lowest BCUT2D eigenvalue weighted by Crippen LogP contribution is -2.33. The van der Waals surface area contributed by atoms with Crippen molar-refractivity contribution in [2.75, 3.05) is 6.54 Å². The second-order valence-electron chi connectivity index (χ2n) is 6.18. The molecule has 0 saturated carbocycles. The maximum Gasteiger partial charge on any atom is 0.0991 e. The summed E-state index contributed by atoms with van der Waals surface area (Å²) in [5, 5.41) is 13.5. The minimum Gasteiger partial charge on any atom is -0.294 e. The minimum atomic E-state index is 0.550. The molecule has 1 aliphatic heterocycles. The second-order valence-corrected chi connectivity index (χ2v) is 6.18. The first-order valence-electron chi connectivity index (χ1n) is 7.90. The Morgan fingerprint density at radius 3 is 2.68 bits per heavy atom. The van der Waals surface area contributed by atoms with E-state index in [2.05, 4.69) is 45.9 Å². The van der Waals surface area contributed by atoms with Gasteiger partial charge in [-0.1, -0.05) is 12.1 Å². The number of aromatic nitrogens is 2. The van der Waals surface area contributed by atoms with E-state index in [0.717, 1.165) is 30.9 Å². The van der Waals surface area contributed by atoms with Gasteiger partial charge in [-0.3, -0.25) is 9.58 Å². The summed E-state index contributed by atoms with van der Waals surface area (Å²) >= 11 is 0. The lowest BCUT2D eigenvalue weighted by atomic mass is 10.1. The lowest BCUT2D eigenvalue weighted by Gasteiger charge is -2.25. The van der Waals surface area contributed by atoms with Gasteiger partial charge in [-0.2, -0.15) is 10.4 Å². The van der Waals surface area contributed by atoms with Gasteiger partial charge in [0.15, 0.2) is 0 Å². The van der Waals surface area contributed by atoms with Gasteiger partial charge in [-0.15, -0.1) is 0 Å². The molecule has 4 heteroatoms. The molecule has 0 bridgehead atoms. The Balaban J connectivity index is 1.67. The summed E-state index contributed by atoms with van der Waals surface area (Å²) in [5.41, 5.74) is 4.33. The Morgan fingerprint density at radius 1 is 1.27 bits per heavy atom. The molecule has 4 nitrogen and oxygen atoms in total. The molecule has 22 heavy (non-hydrogen) atoms. The molecule has 1 aliphatic rings. The summed E-state index contributed by atoms with van der Waals surface area (Å²) in [7, 11) is 0. The molecule has 1 atom stereocenters. The van der Waals surface area contributed by atoms with Crippen LogP contribution in [0.3, 0.4) is 0 Å². The number of nitrogens with zero attached hydrogens (tertiary/aromatic N) is 4. The van der Waals surface area contributed by atoms with Gasteiger partial charge in [-0.25, -0.2) is 0 Å². The van der Waals surface area contributed by atoms with Gasteiger partial charge in [0.1, 0.15) is 0 Å². The normalized spacial score (nSPS) is 18.5. The predicted molar refractivity (Wildman–Crippen MR) is 86.3 cm³/mol. The third-order valence-electron chi connectivity index (χ3n) is 4.45. The van der Waals surface area contributed by atoms with E-state index in [9.17, 15) is 0 Å². The van der Waals surface area contributed by atoms with Crippen LogP contribution in [-0.4, -0.2) is 27.3 Å². The highest BCUT2D eigenvalue weighted by atomic mass is 15.3. The molecular weight excluding hydrogens is 272 g/mol. The number of likely N-dealkylation sites (tertiary alicyclic amines) is 1. The molecule has 0 amide bonds. The summed E-state index contributed by atoms with van der Waals surface area (Å²) in [5.74, 6) is 0. The summed E-state index contributed by atoms with van der Waals surface area (Å²) in [4.78, 5) is 2.54. The molecular formula is C18H22N4. The molecule has 0 unspecified atom stereocenters. The molecule has 2 heterocycles. The van der Waals surface area contributed by atoms with Gasteiger partial charge in [0.25, 0.3) is 0 Å². The summed E-state index contributed by atoms with van der Waals surface area (Å²) in [6.45, 7) is 7.24. The Hall–Kier alpha value is -2.12. The zero-order chi connectivity index (χ0) is 15.5. The third-order valence-corrected chi connectivity index (χ3v) is 4.45. The molecule has 3 rings (SSSR count). The van der Waals surface area contributed by atoms with E-state index in [4.69, 9.17) is 5.26 Å². The van der Waals surface area contributed by atoms with E-state index in [-0.39, 0.29) is 0 Å². The summed E-state index contributed by atoms with van der Waals surface area (Å²) in [6.07, 6.45) is 2.48. The first kappa shape index (κ1) is 14.8. The Labute approximate surface area is 132 Å². The molecule has 1 aromatic heterocycles. The van der Waals surface area contributed by atoms with E-state index in [1.54, 1.807) is 0 Å². The van der Waals surface area contributed by atoms with Crippen LogP contribution < -0.4 is 0 Å². The maximum atomic E-state index is 8.88. The monoisotopic (exact) mass is 294 g/mol. The molecule has 114 valence electrons. The lowest BCUT2D eigenvalue weighted by molar-refractivity contribution is 0.218. The van der Waals surface area contributed by atoms with Crippen LogP contribution in [0.25, 0.3) is 0 Å². The van der Waals surface area contributed by atoms with Gasteiger partial charge in [-0.05, 0) is 57.0 Å². The molecule has 0 spiro atoms. The van der Waals surface area contributed by atoms with Gasteiger partial charge < -0.3 is 0 Å². The van der Waals surface area contributed by atoms with E-state index in [1.165, 1.54) is 24.1 Å². The number of benzene rings is 1. The smallest absolute Gasteiger partial charge is 0.0991 e. The average Bonchev–Trinajstić information content (AvgIpc) is 3.07. The van der Waals surface area contributed by atoms with Crippen LogP contribution >= 0.6 is 0 Å². The van der Waals surface area contributed by atoms with Crippen molar-refractivity contribution >= 4 is 0 Å². The summed E-state index contributed by atoms with van der Waals surface area (Å²) < 4.78 is 2.14. The fourth-order valence-electron chi connectivity index (χ4n) is 3.29. The van der Waals surface area contributed by atoms with Crippen molar-refractivity contribution in [1.82, 2.24) is 14.7 Å². The third kappa shape index (κ3) is 3.20.